The van der Waals surface area contributed by atoms with Crippen molar-refractivity contribution in [1.82, 2.24) is 9.55 Å². The Kier molecular flexibility index (Phi) is 3.10. The first-order chi connectivity index (χ1) is 10.1. The summed E-state index contributed by atoms with van der Waals surface area (Å²) in [5.74, 6) is -0.359. The van der Waals surface area contributed by atoms with E-state index in [1.54, 1.807) is 24.4 Å². The number of benzene rings is 1. The van der Waals surface area contributed by atoms with Gasteiger partial charge in [-0.25, -0.2) is 4.39 Å². The van der Waals surface area contributed by atoms with Crippen molar-refractivity contribution in [2.45, 2.75) is 0 Å². The number of halogens is 1. The van der Waals surface area contributed by atoms with Crippen molar-refractivity contribution in [1.29, 1.82) is 0 Å². The molecule has 0 aliphatic carbocycles. The second-order valence-electron chi connectivity index (χ2n) is 4.67. The highest BCUT2D eigenvalue weighted by Crippen LogP contribution is 2.29. The van der Waals surface area contributed by atoms with Crippen LogP contribution in [0.3, 0.4) is 0 Å². The highest BCUT2D eigenvalue weighted by Gasteiger charge is 2.15. The van der Waals surface area contributed by atoms with E-state index in [1.165, 1.54) is 29.9 Å². The van der Waals surface area contributed by atoms with Crippen LogP contribution in [0, 0.1) is 5.82 Å². The standard InChI is InChI=1S/C16H11FN2O2/c1-19-14(9-20)15(10-2-4-11(17)5-3-10)12-6-7-18-8-13(12)16(19)21/h2-9H,1H3. The third-order valence-corrected chi connectivity index (χ3v) is 3.49. The van der Waals surface area contributed by atoms with Crippen LogP contribution in [-0.2, 0) is 7.05 Å². The minimum Gasteiger partial charge on any atom is -0.308 e. The number of fused-ring (bicyclic) bond motifs is 1. The van der Waals surface area contributed by atoms with Crippen molar-refractivity contribution < 1.29 is 9.18 Å². The molecule has 0 spiro atoms. The van der Waals surface area contributed by atoms with E-state index in [0.717, 1.165) is 0 Å². The molecule has 0 saturated heterocycles. The fourth-order valence-electron chi connectivity index (χ4n) is 2.44. The molecule has 1 aromatic carbocycles. The van der Waals surface area contributed by atoms with Gasteiger partial charge in [0, 0.05) is 30.4 Å². The fraction of sp³-hybridized carbons (Fsp3) is 0.0625. The third kappa shape index (κ3) is 2.03. The molecule has 2 heterocycles. The summed E-state index contributed by atoms with van der Waals surface area (Å²) in [5, 5.41) is 1.05. The van der Waals surface area contributed by atoms with E-state index < -0.39 is 0 Å². The second kappa shape index (κ2) is 4.94. The molecule has 0 aliphatic rings. The lowest BCUT2D eigenvalue weighted by Crippen LogP contribution is -2.21. The van der Waals surface area contributed by atoms with E-state index in [0.29, 0.717) is 28.2 Å². The Balaban J connectivity index is 2.50. The van der Waals surface area contributed by atoms with Gasteiger partial charge >= 0.3 is 0 Å². The maximum Gasteiger partial charge on any atom is 0.260 e. The van der Waals surface area contributed by atoms with Gasteiger partial charge in [0.1, 0.15) is 5.82 Å². The van der Waals surface area contributed by atoms with Gasteiger partial charge in [-0.15, -0.1) is 0 Å². The van der Waals surface area contributed by atoms with Crippen molar-refractivity contribution in [3.8, 4) is 11.1 Å². The number of rotatable bonds is 2. The predicted octanol–water partition coefficient (Wildman–Crippen LogP) is 2.55. The molecule has 0 aliphatic heterocycles. The summed E-state index contributed by atoms with van der Waals surface area (Å²) in [7, 11) is 1.53. The van der Waals surface area contributed by atoms with Crippen LogP contribution in [-0.4, -0.2) is 15.8 Å². The molecular weight excluding hydrogens is 271 g/mol. The Hall–Kier alpha value is -2.82. The van der Waals surface area contributed by atoms with Crippen LogP contribution < -0.4 is 5.56 Å². The molecule has 104 valence electrons. The van der Waals surface area contributed by atoms with E-state index >= 15 is 0 Å². The minimum atomic E-state index is -0.359. The largest absolute Gasteiger partial charge is 0.308 e. The van der Waals surface area contributed by atoms with Crippen LogP contribution in [0.15, 0.2) is 47.5 Å². The van der Waals surface area contributed by atoms with E-state index in [1.807, 2.05) is 0 Å². The first-order valence-corrected chi connectivity index (χ1v) is 6.31. The van der Waals surface area contributed by atoms with Crippen molar-refractivity contribution >= 4 is 17.1 Å². The van der Waals surface area contributed by atoms with Gasteiger partial charge in [0.15, 0.2) is 6.29 Å². The lowest BCUT2D eigenvalue weighted by atomic mass is 9.98. The molecule has 21 heavy (non-hydrogen) atoms. The minimum absolute atomic E-state index is 0.255. The van der Waals surface area contributed by atoms with Gasteiger partial charge in [-0.2, -0.15) is 0 Å². The Labute approximate surface area is 119 Å². The smallest absolute Gasteiger partial charge is 0.260 e. The highest BCUT2D eigenvalue weighted by molar-refractivity contribution is 6.02. The van der Waals surface area contributed by atoms with E-state index in [9.17, 15) is 14.0 Å². The summed E-state index contributed by atoms with van der Waals surface area (Å²) in [6.45, 7) is 0. The summed E-state index contributed by atoms with van der Waals surface area (Å²) in [4.78, 5) is 27.6. The lowest BCUT2D eigenvalue weighted by Gasteiger charge is -2.13. The molecule has 5 heteroatoms. The van der Waals surface area contributed by atoms with E-state index in [-0.39, 0.29) is 17.1 Å². The van der Waals surface area contributed by atoms with Gasteiger partial charge in [0.2, 0.25) is 0 Å². The number of carbonyl (C=O) groups excluding carboxylic acids is 1. The molecule has 0 radical (unpaired) electrons. The zero-order valence-electron chi connectivity index (χ0n) is 11.2. The molecule has 0 N–H and O–H groups in total. The van der Waals surface area contributed by atoms with Crippen molar-refractivity contribution in [3.63, 3.8) is 0 Å². The van der Waals surface area contributed by atoms with Crippen LogP contribution in [0.1, 0.15) is 10.5 Å². The number of aldehydes is 1. The van der Waals surface area contributed by atoms with E-state index in [2.05, 4.69) is 4.98 Å². The van der Waals surface area contributed by atoms with Gasteiger partial charge in [-0.1, -0.05) is 12.1 Å². The van der Waals surface area contributed by atoms with Crippen molar-refractivity contribution in [2.24, 2.45) is 7.05 Å². The first-order valence-electron chi connectivity index (χ1n) is 6.31. The summed E-state index contributed by atoms with van der Waals surface area (Å²) < 4.78 is 14.4. The molecule has 0 atom stereocenters. The summed E-state index contributed by atoms with van der Waals surface area (Å²) in [5.41, 5.74) is 1.24. The number of hydrogen-bond donors (Lipinski definition) is 0. The summed E-state index contributed by atoms with van der Waals surface area (Å²) >= 11 is 0. The molecular formula is C16H11FN2O2. The number of pyridine rings is 2. The number of aromatic nitrogens is 2. The maximum absolute atomic E-state index is 13.1. The van der Waals surface area contributed by atoms with Crippen LogP contribution in [0.5, 0.6) is 0 Å². The SMILES string of the molecule is Cn1c(C=O)c(-c2ccc(F)cc2)c2ccncc2c1=O. The summed E-state index contributed by atoms with van der Waals surface area (Å²) in [6, 6.07) is 7.50. The normalized spacial score (nSPS) is 10.8. The number of nitrogens with zero attached hydrogens (tertiary/aromatic N) is 2. The average molecular weight is 282 g/mol. The van der Waals surface area contributed by atoms with Gasteiger partial charge in [0.25, 0.3) is 5.56 Å². The van der Waals surface area contributed by atoms with Crippen LogP contribution in [0.25, 0.3) is 21.9 Å². The lowest BCUT2D eigenvalue weighted by molar-refractivity contribution is 0.111. The third-order valence-electron chi connectivity index (χ3n) is 3.49. The van der Waals surface area contributed by atoms with Gasteiger partial charge in [0.05, 0.1) is 11.1 Å². The quantitative estimate of drug-likeness (QED) is 0.679. The zero-order chi connectivity index (χ0) is 15.0. The van der Waals surface area contributed by atoms with Crippen LogP contribution >= 0.6 is 0 Å². The highest BCUT2D eigenvalue weighted by atomic mass is 19.1. The topological polar surface area (TPSA) is 52.0 Å². The molecule has 0 saturated carbocycles. The first kappa shape index (κ1) is 13.2. The molecule has 3 aromatic rings. The Bertz CT molecular complexity index is 899. The van der Waals surface area contributed by atoms with E-state index in [4.69, 9.17) is 0 Å². The molecule has 4 nitrogen and oxygen atoms in total. The number of carbonyl (C=O) groups is 1. The van der Waals surface area contributed by atoms with Crippen molar-refractivity contribution in [3.05, 3.63) is 64.6 Å². The molecule has 3 rings (SSSR count). The zero-order valence-corrected chi connectivity index (χ0v) is 11.2. The molecule has 0 bridgehead atoms. The van der Waals surface area contributed by atoms with Crippen molar-refractivity contribution in [2.75, 3.05) is 0 Å². The second-order valence-corrected chi connectivity index (χ2v) is 4.67. The van der Waals surface area contributed by atoms with Crippen LogP contribution in [0.2, 0.25) is 0 Å². The fourth-order valence-corrected chi connectivity index (χ4v) is 2.44. The Morgan fingerprint density at radius 3 is 2.52 bits per heavy atom. The average Bonchev–Trinajstić information content (AvgIpc) is 2.52. The molecule has 0 unspecified atom stereocenters. The van der Waals surface area contributed by atoms with Gasteiger partial charge < -0.3 is 4.57 Å². The monoisotopic (exact) mass is 282 g/mol. The summed E-state index contributed by atoms with van der Waals surface area (Å²) in [6.07, 6.45) is 3.67. The number of hydrogen-bond acceptors (Lipinski definition) is 3. The predicted molar refractivity (Wildman–Crippen MR) is 77.8 cm³/mol. The van der Waals surface area contributed by atoms with Crippen LogP contribution in [0.4, 0.5) is 4.39 Å². The maximum atomic E-state index is 13.1. The van der Waals surface area contributed by atoms with Gasteiger partial charge in [-0.3, -0.25) is 14.6 Å². The Morgan fingerprint density at radius 2 is 1.86 bits per heavy atom. The van der Waals surface area contributed by atoms with Gasteiger partial charge in [-0.05, 0) is 23.8 Å². The molecule has 0 amide bonds. The molecule has 2 aromatic heterocycles. The molecule has 0 fully saturated rings. The Morgan fingerprint density at radius 1 is 1.14 bits per heavy atom.